The van der Waals surface area contributed by atoms with Gasteiger partial charge in [-0.05, 0) is 44.7 Å². The maximum absolute atomic E-state index is 13.1. The maximum Gasteiger partial charge on any atom is 0.242 e. The summed E-state index contributed by atoms with van der Waals surface area (Å²) in [5.41, 5.74) is 1.70. The molecule has 2 aromatic rings. The molecule has 1 fully saturated rings. The second-order valence-electron chi connectivity index (χ2n) is 9.37. The molecule has 0 saturated carbocycles. The van der Waals surface area contributed by atoms with Crippen LogP contribution in [0, 0.1) is 6.92 Å². The molecule has 1 aromatic carbocycles. The highest BCUT2D eigenvalue weighted by Gasteiger charge is 2.24. The number of carbonyl (C=O) groups excluding carboxylic acids is 2. The van der Waals surface area contributed by atoms with Crippen molar-refractivity contribution in [2.45, 2.75) is 71.6 Å². The highest BCUT2D eigenvalue weighted by atomic mass is 16.5. The van der Waals surface area contributed by atoms with Gasteiger partial charge >= 0.3 is 0 Å². The molecule has 31 heavy (non-hydrogen) atoms. The van der Waals surface area contributed by atoms with Crippen molar-refractivity contribution >= 4 is 17.5 Å². The van der Waals surface area contributed by atoms with Gasteiger partial charge in [0.1, 0.15) is 6.54 Å². The van der Waals surface area contributed by atoms with E-state index in [4.69, 9.17) is 4.52 Å². The second kappa shape index (κ2) is 10.1. The second-order valence-corrected chi connectivity index (χ2v) is 9.37. The molecule has 0 atom stereocenters. The Morgan fingerprint density at radius 3 is 2.39 bits per heavy atom. The first-order valence-corrected chi connectivity index (χ1v) is 11.2. The summed E-state index contributed by atoms with van der Waals surface area (Å²) < 4.78 is 5.33. The predicted molar refractivity (Wildman–Crippen MR) is 120 cm³/mol. The number of aromatic nitrogens is 2. The molecule has 0 unspecified atom stereocenters. The zero-order valence-electron chi connectivity index (χ0n) is 19.2. The highest BCUT2D eigenvalue weighted by Crippen LogP contribution is 2.20. The number of piperidine rings is 1. The van der Waals surface area contributed by atoms with E-state index >= 15 is 0 Å². The van der Waals surface area contributed by atoms with Crippen LogP contribution in [0.5, 0.6) is 0 Å². The molecule has 7 heteroatoms. The molecular formula is C24H34N4O3. The number of amides is 2. The number of rotatable bonds is 7. The van der Waals surface area contributed by atoms with Crippen LogP contribution in [0.3, 0.4) is 0 Å². The molecule has 0 spiro atoms. The van der Waals surface area contributed by atoms with Gasteiger partial charge in [-0.1, -0.05) is 43.6 Å². The molecule has 0 N–H and O–H groups in total. The zero-order chi connectivity index (χ0) is 22.4. The number of anilines is 1. The van der Waals surface area contributed by atoms with Gasteiger partial charge in [0.15, 0.2) is 5.82 Å². The van der Waals surface area contributed by atoms with Crippen molar-refractivity contribution in [3.8, 4) is 0 Å². The summed E-state index contributed by atoms with van der Waals surface area (Å²) in [6, 6.07) is 7.75. The SMILES string of the molecule is Cc1ccc(N(CC(=O)N2CCCCC2)C(=O)CCCc2nc(C(C)(C)C)no2)cc1. The van der Waals surface area contributed by atoms with Crippen molar-refractivity contribution in [1.29, 1.82) is 0 Å². The number of nitrogens with zero attached hydrogens (tertiary/aromatic N) is 4. The van der Waals surface area contributed by atoms with E-state index in [1.54, 1.807) is 4.90 Å². The van der Waals surface area contributed by atoms with E-state index in [1.807, 2.05) is 56.9 Å². The van der Waals surface area contributed by atoms with Crippen LogP contribution in [0.1, 0.15) is 70.2 Å². The highest BCUT2D eigenvalue weighted by molar-refractivity contribution is 5.98. The molecule has 2 amide bonds. The molecule has 1 aliphatic heterocycles. The minimum atomic E-state index is -0.172. The van der Waals surface area contributed by atoms with Crippen LogP contribution in [-0.2, 0) is 21.4 Å². The van der Waals surface area contributed by atoms with Crippen LogP contribution in [-0.4, -0.2) is 46.5 Å². The molecule has 168 valence electrons. The quantitative estimate of drug-likeness (QED) is 0.667. The summed E-state index contributed by atoms with van der Waals surface area (Å²) in [6.07, 6.45) is 4.67. The van der Waals surface area contributed by atoms with Gasteiger partial charge < -0.3 is 14.3 Å². The first-order chi connectivity index (χ1) is 14.7. The summed E-state index contributed by atoms with van der Waals surface area (Å²) in [4.78, 5) is 33.9. The molecule has 7 nitrogen and oxygen atoms in total. The minimum absolute atomic E-state index is 0.0142. The Balaban J connectivity index is 1.63. The van der Waals surface area contributed by atoms with E-state index in [0.717, 1.165) is 43.6 Å². The summed E-state index contributed by atoms with van der Waals surface area (Å²) in [6.45, 7) is 9.74. The smallest absolute Gasteiger partial charge is 0.242 e. The number of benzene rings is 1. The Kier molecular flexibility index (Phi) is 7.46. The molecule has 0 bridgehead atoms. The molecule has 0 radical (unpaired) electrons. The van der Waals surface area contributed by atoms with Gasteiger partial charge in [-0.15, -0.1) is 0 Å². The molecule has 0 aliphatic carbocycles. The molecule has 3 rings (SSSR count). The average Bonchev–Trinajstić information content (AvgIpc) is 3.23. The van der Waals surface area contributed by atoms with Crippen LogP contribution in [0.25, 0.3) is 0 Å². The van der Waals surface area contributed by atoms with Crippen LogP contribution in [0.2, 0.25) is 0 Å². The summed E-state index contributed by atoms with van der Waals surface area (Å²) in [5, 5.41) is 4.04. The Morgan fingerprint density at radius 1 is 1.10 bits per heavy atom. The van der Waals surface area contributed by atoms with E-state index in [9.17, 15) is 9.59 Å². The summed E-state index contributed by atoms with van der Waals surface area (Å²) in [7, 11) is 0. The fourth-order valence-corrected chi connectivity index (χ4v) is 3.61. The third-order valence-electron chi connectivity index (χ3n) is 5.57. The largest absolute Gasteiger partial charge is 0.341 e. The van der Waals surface area contributed by atoms with E-state index in [0.29, 0.717) is 31.0 Å². The average molecular weight is 427 g/mol. The van der Waals surface area contributed by atoms with Gasteiger partial charge in [-0.2, -0.15) is 4.98 Å². The number of hydrogen-bond acceptors (Lipinski definition) is 5. The first-order valence-electron chi connectivity index (χ1n) is 11.2. The van der Waals surface area contributed by atoms with Gasteiger partial charge in [0.25, 0.3) is 0 Å². The van der Waals surface area contributed by atoms with E-state index in [-0.39, 0.29) is 23.8 Å². The summed E-state index contributed by atoms with van der Waals surface area (Å²) >= 11 is 0. The molecule has 1 saturated heterocycles. The predicted octanol–water partition coefficient (Wildman–Crippen LogP) is 4.04. The van der Waals surface area contributed by atoms with Gasteiger partial charge in [-0.25, -0.2) is 0 Å². The van der Waals surface area contributed by atoms with Crippen molar-refractivity contribution in [3.63, 3.8) is 0 Å². The minimum Gasteiger partial charge on any atom is -0.341 e. The number of likely N-dealkylation sites (tertiary alicyclic amines) is 1. The molecule has 2 heterocycles. The monoisotopic (exact) mass is 426 g/mol. The Bertz CT molecular complexity index is 877. The first kappa shape index (κ1) is 23.0. The fraction of sp³-hybridized carbons (Fsp3) is 0.583. The van der Waals surface area contributed by atoms with Gasteiger partial charge in [0.2, 0.25) is 17.7 Å². The fourth-order valence-electron chi connectivity index (χ4n) is 3.61. The van der Waals surface area contributed by atoms with Gasteiger partial charge in [-0.3, -0.25) is 9.59 Å². The Labute approximate surface area is 184 Å². The maximum atomic E-state index is 13.1. The van der Waals surface area contributed by atoms with Crippen molar-refractivity contribution in [2.75, 3.05) is 24.5 Å². The normalized spacial score (nSPS) is 14.5. The lowest BCUT2D eigenvalue weighted by molar-refractivity contribution is -0.132. The van der Waals surface area contributed by atoms with E-state index in [2.05, 4.69) is 10.1 Å². The third kappa shape index (κ3) is 6.39. The van der Waals surface area contributed by atoms with Crippen LogP contribution in [0.4, 0.5) is 5.69 Å². The summed E-state index contributed by atoms with van der Waals surface area (Å²) in [5.74, 6) is 1.16. The van der Waals surface area contributed by atoms with Gasteiger partial charge in [0, 0.05) is 37.0 Å². The number of hydrogen-bond donors (Lipinski definition) is 0. The third-order valence-corrected chi connectivity index (χ3v) is 5.57. The van der Waals surface area contributed by atoms with Crippen molar-refractivity contribution in [2.24, 2.45) is 0 Å². The lowest BCUT2D eigenvalue weighted by atomic mass is 9.96. The van der Waals surface area contributed by atoms with Gasteiger partial charge in [0.05, 0.1) is 0 Å². The Morgan fingerprint density at radius 2 is 1.77 bits per heavy atom. The van der Waals surface area contributed by atoms with Crippen molar-refractivity contribution in [3.05, 3.63) is 41.5 Å². The van der Waals surface area contributed by atoms with E-state index in [1.165, 1.54) is 0 Å². The van der Waals surface area contributed by atoms with Crippen LogP contribution in [0.15, 0.2) is 28.8 Å². The number of carbonyl (C=O) groups is 2. The van der Waals surface area contributed by atoms with E-state index < -0.39 is 0 Å². The number of aryl methyl sites for hydroxylation is 2. The standard InChI is InChI=1S/C24H34N4O3/c1-18-11-13-19(14-12-18)28(17-22(30)27-15-6-5-7-16-27)21(29)10-8-9-20-25-23(26-31-20)24(2,3)4/h11-14H,5-10,15-17H2,1-4H3. The van der Waals surface area contributed by atoms with Crippen LogP contribution < -0.4 is 4.90 Å². The van der Waals surface area contributed by atoms with Crippen molar-refractivity contribution in [1.82, 2.24) is 15.0 Å². The molecular weight excluding hydrogens is 392 g/mol. The van der Waals surface area contributed by atoms with Crippen LogP contribution >= 0.6 is 0 Å². The van der Waals surface area contributed by atoms with Crippen molar-refractivity contribution < 1.29 is 14.1 Å². The zero-order valence-corrected chi connectivity index (χ0v) is 19.2. The topological polar surface area (TPSA) is 79.5 Å². The molecule has 1 aliphatic rings. The molecule has 1 aromatic heterocycles. The lowest BCUT2D eigenvalue weighted by Crippen LogP contribution is -2.44. The Hall–Kier alpha value is -2.70. The lowest BCUT2D eigenvalue weighted by Gasteiger charge is -2.30.